The van der Waals surface area contributed by atoms with Gasteiger partial charge in [0.2, 0.25) is 0 Å². The summed E-state index contributed by atoms with van der Waals surface area (Å²) in [6, 6.07) is 0.974. The molecule has 1 saturated carbocycles. The Hall–Kier alpha value is -0.0800. The molecule has 0 radical (unpaired) electrons. The highest BCUT2D eigenvalue weighted by Gasteiger charge is 2.35. The van der Waals surface area contributed by atoms with Crippen molar-refractivity contribution in [2.24, 2.45) is 11.8 Å². The normalized spacial score (nSPS) is 32.1. The van der Waals surface area contributed by atoms with E-state index in [0.29, 0.717) is 12.1 Å². The topological polar surface area (TPSA) is 23.5 Å². The van der Waals surface area contributed by atoms with Crippen molar-refractivity contribution in [2.45, 2.75) is 78.5 Å². The Kier molecular flexibility index (Phi) is 5.94. The molecule has 0 aromatic carbocycles. The van der Waals surface area contributed by atoms with Gasteiger partial charge in [0.1, 0.15) is 0 Å². The Bertz CT molecular complexity index is 217. The highest BCUT2D eigenvalue weighted by atomic mass is 16.3. The zero-order valence-corrected chi connectivity index (χ0v) is 12.3. The molecule has 4 atom stereocenters. The summed E-state index contributed by atoms with van der Waals surface area (Å²) in [5, 5.41) is 10.3. The highest BCUT2D eigenvalue weighted by Crippen LogP contribution is 2.33. The number of aliphatic hydroxyl groups is 1. The molecule has 1 fully saturated rings. The second-order valence-electron chi connectivity index (χ2n) is 6.04. The molecule has 102 valence electrons. The van der Waals surface area contributed by atoms with Crippen LogP contribution in [0.4, 0.5) is 0 Å². The van der Waals surface area contributed by atoms with Crippen molar-refractivity contribution >= 4 is 0 Å². The minimum atomic E-state index is -0.112. The smallest absolute Gasteiger partial charge is 0.0695 e. The molecule has 2 heteroatoms. The van der Waals surface area contributed by atoms with Gasteiger partial charge < -0.3 is 5.11 Å². The van der Waals surface area contributed by atoms with Gasteiger partial charge in [0.15, 0.2) is 0 Å². The lowest BCUT2D eigenvalue weighted by Gasteiger charge is -2.44. The Morgan fingerprint density at radius 1 is 1.18 bits per heavy atom. The number of nitrogens with zero attached hydrogens (tertiary/aromatic N) is 1. The third kappa shape index (κ3) is 3.69. The lowest BCUT2D eigenvalue weighted by Crippen LogP contribution is -2.51. The molecule has 4 unspecified atom stereocenters. The van der Waals surface area contributed by atoms with Crippen molar-refractivity contribution < 1.29 is 5.11 Å². The lowest BCUT2D eigenvalue weighted by molar-refractivity contribution is -0.0184. The molecule has 1 N–H and O–H groups in total. The highest BCUT2D eigenvalue weighted by molar-refractivity contribution is 4.89. The van der Waals surface area contributed by atoms with E-state index in [9.17, 15) is 5.11 Å². The Labute approximate surface area is 107 Å². The first-order valence-electron chi connectivity index (χ1n) is 7.44. The molecular weight excluding hydrogens is 210 g/mol. The molecule has 0 saturated heterocycles. The maximum absolute atomic E-state index is 10.3. The van der Waals surface area contributed by atoms with E-state index in [-0.39, 0.29) is 6.10 Å². The monoisotopic (exact) mass is 241 g/mol. The summed E-state index contributed by atoms with van der Waals surface area (Å²) < 4.78 is 0. The van der Waals surface area contributed by atoms with Crippen LogP contribution in [-0.2, 0) is 0 Å². The fourth-order valence-corrected chi connectivity index (χ4v) is 3.23. The van der Waals surface area contributed by atoms with Crippen LogP contribution in [0.1, 0.15) is 60.3 Å². The van der Waals surface area contributed by atoms with Crippen LogP contribution in [-0.4, -0.2) is 34.7 Å². The van der Waals surface area contributed by atoms with E-state index in [1.165, 1.54) is 19.3 Å². The minimum absolute atomic E-state index is 0.112. The SMILES string of the molecule is CCC(C)N(CC)C1CC(C(C)C)CCC1O. The van der Waals surface area contributed by atoms with Crippen LogP contribution in [0.3, 0.4) is 0 Å². The average Bonchev–Trinajstić information content (AvgIpc) is 2.31. The number of aliphatic hydroxyl groups excluding tert-OH is 1. The van der Waals surface area contributed by atoms with Crippen LogP contribution in [0.2, 0.25) is 0 Å². The van der Waals surface area contributed by atoms with Crippen LogP contribution in [0.15, 0.2) is 0 Å². The second-order valence-corrected chi connectivity index (χ2v) is 6.04. The Morgan fingerprint density at radius 3 is 2.29 bits per heavy atom. The quantitative estimate of drug-likeness (QED) is 0.798. The van der Waals surface area contributed by atoms with E-state index >= 15 is 0 Å². The molecule has 1 rings (SSSR count). The zero-order chi connectivity index (χ0) is 13.0. The fraction of sp³-hybridized carbons (Fsp3) is 1.00. The van der Waals surface area contributed by atoms with Gasteiger partial charge in [-0.25, -0.2) is 0 Å². The molecule has 0 aliphatic heterocycles. The third-order valence-corrected chi connectivity index (χ3v) is 4.71. The predicted octanol–water partition coefficient (Wildman–Crippen LogP) is 3.29. The standard InChI is InChI=1S/C15H31NO/c1-6-12(5)16(7-2)14-10-13(11(3)4)8-9-15(14)17/h11-15,17H,6-10H2,1-5H3. The average molecular weight is 241 g/mol. The van der Waals surface area contributed by atoms with Crippen molar-refractivity contribution in [1.29, 1.82) is 0 Å². The van der Waals surface area contributed by atoms with Gasteiger partial charge >= 0.3 is 0 Å². The van der Waals surface area contributed by atoms with Crippen molar-refractivity contribution in [1.82, 2.24) is 4.90 Å². The van der Waals surface area contributed by atoms with E-state index in [2.05, 4.69) is 39.5 Å². The summed E-state index contributed by atoms with van der Waals surface area (Å²) in [4.78, 5) is 2.51. The molecule has 0 spiro atoms. The fourth-order valence-electron chi connectivity index (χ4n) is 3.23. The third-order valence-electron chi connectivity index (χ3n) is 4.71. The van der Waals surface area contributed by atoms with Gasteiger partial charge in [0, 0.05) is 12.1 Å². The van der Waals surface area contributed by atoms with Crippen LogP contribution >= 0.6 is 0 Å². The maximum atomic E-state index is 10.3. The van der Waals surface area contributed by atoms with Gasteiger partial charge in [-0.05, 0) is 51.0 Å². The van der Waals surface area contributed by atoms with E-state index in [1.807, 2.05) is 0 Å². The lowest BCUT2D eigenvalue weighted by atomic mass is 9.77. The Morgan fingerprint density at radius 2 is 1.82 bits per heavy atom. The predicted molar refractivity (Wildman–Crippen MR) is 74.1 cm³/mol. The largest absolute Gasteiger partial charge is 0.391 e. The first-order chi connectivity index (χ1) is 8.01. The molecule has 17 heavy (non-hydrogen) atoms. The molecule has 0 bridgehead atoms. The molecule has 0 aromatic rings. The molecule has 1 aliphatic rings. The molecule has 2 nitrogen and oxygen atoms in total. The van der Waals surface area contributed by atoms with Crippen molar-refractivity contribution in [3.63, 3.8) is 0 Å². The van der Waals surface area contributed by atoms with E-state index in [0.717, 1.165) is 24.8 Å². The van der Waals surface area contributed by atoms with Gasteiger partial charge in [0.25, 0.3) is 0 Å². The molecule has 1 aliphatic carbocycles. The summed E-state index contributed by atoms with van der Waals surface area (Å²) in [5.41, 5.74) is 0. The van der Waals surface area contributed by atoms with Crippen LogP contribution in [0.5, 0.6) is 0 Å². The van der Waals surface area contributed by atoms with E-state index < -0.39 is 0 Å². The van der Waals surface area contributed by atoms with Crippen molar-refractivity contribution in [2.75, 3.05) is 6.54 Å². The summed E-state index contributed by atoms with van der Waals surface area (Å²) >= 11 is 0. The van der Waals surface area contributed by atoms with Gasteiger partial charge in [-0.1, -0.05) is 27.7 Å². The molecule has 0 amide bonds. The molecule has 0 heterocycles. The van der Waals surface area contributed by atoms with Crippen molar-refractivity contribution in [3.05, 3.63) is 0 Å². The summed E-state index contributed by atoms with van der Waals surface area (Å²) in [5.74, 6) is 1.54. The number of hydrogen-bond acceptors (Lipinski definition) is 2. The van der Waals surface area contributed by atoms with Gasteiger partial charge in [-0.3, -0.25) is 4.90 Å². The minimum Gasteiger partial charge on any atom is -0.391 e. The number of likely N-dealkylation sites (N-methyl/N-ethyl adjacent to an activating group) is 1. The summed E-state index contributed by atoms with van der Waals surface area (Å²) in [6.07, 6.45) is 4.42. The summed E-state index contributed by atoms with van der Waals surface area (Å²) in [6.45, 7) is 12.4. The molecule has 0 aromatic heterocycles. The van der Waals surface area contributed by atoms with Crippen molar-refractivity contribution in [3.8, 4) is 0 Å². The van der Waals surface area contributed by atoms with Gasteiger partial charge in [-0.2, -0.15) is 0 Å². The summed E-state index contributed by atoms with van der Waals surface area (Å²) in [7, 11) is 0. The molecular formula is C15H31NO. The van der Waals surface area contributed by atoms with E-state index in [1.54, 1.807) is 0 Å². The Balaban J connectivity index is 2.70. The van der Waals surface area contributed by atoms with Gasteiger partial charge in [0.05, 0.1) is 6.10 Å². The van der Waals surface area contributed by atoms with Crippen LogP contribution in [0.25, 0.3) is 0 Å². The number of hydrogen-bond donors (Lipinski definition) is 1. The first-order valence-corrected chi connectivity index (χ1v) is 7.44. The van der Waals surface area contributed by atoms with E-state index in [4.69, 9.17) is 0 Å². The maximum Gasteiger partial charge on any atom is 0.0695 e. The van der Waals surface area contributed by atoms with Crippen LogP contribution < -0.4 is 0 Å². The number of rotatable bonds is 5. The van der Waals surface area contributed by atoms with Crippen LogP contribution in [0, 0.1) is 11.8 Å². The second kappa shape index (κ2) is 6.75. The first kappa shape index (κ1) is 15.0. The van der Waals surface area contributed by atoms with Gasteiger partial charge in [-0.15, -0.1) is 0 Å². The zero-order valence-electron chi connectivity index (χ0n) is 12.3.